The molecule has 260 valence electrons. The molecule has 4 aliphatic carbocycles. The van der Waals surface area contributed by atoms with Crippen LogP contribution in [0.5, 0.6) is 0 Å². The molecule has 1 aromatic rings. The van der Waals surface area contributed by atoms with Crippen LogP contribution in [-0.2, 0) is 9.59 Å². The number of rotatable bonds is 6. The smallest absolute Gasteiger partial charge is 0.229 e. The summed E-state index contributed by atoms with van der Waals surface area (Å²) >= 11 is 0. The number of aliphatic hydroxyl groups is 1. The van der Waals surface area contributed by atoms with Gasteiger partial charge in [-0.3, -0.25) is 14.5 Å². The summed E-state index contributed by atoms with van der Waals surface area (Å²) in [6, 6.07) is 2.15. The standard InChI is InChI=1S/C38H53FN6O3/c1-25-20-29-27-22-31(39)30-21-26(46)8-10-36(30,2)28(27)9-11-37(29,3)38(25,48)32(47)24-42-16-18-44(19-17-42)34-23-33(43-12-4-5-13-43)40-35(41-34)45-14-6-7-15-45/h9,21,23,25,27,29,31,48H,4-8,10-20,22,24H2,1-3H3/t25?,27-,29+,31?,36-,37+,38+/m1/s1. The van der Waals surface area contributed by atoms with Crippen LogP contribution in [-0.4, -0.2) is 102 Å². The summed E-state index contributed by atoms with van der Waals surface area (Å²) in [5.41, 5.74) is -0.685. The summed E-state index contributed by atoms with van der Waals surface area (Å²) < 4.78 is 15.8. The van der Waals surface area contributed by atoms with Crippen LogP contribution in [0, 0.1) is 28.6 Å². The molecule has 7 atom stereocenters. The Hall–Kier alpha value is -2.85. The maximum Gasteiger partial charge on any atom is 0.229 e. The zero-order valence-corrected chi connectivity index (χ0v) is 29.1. The number of hydrogen-bond donors (Lipinski definition) is 1. The Kier molecular flexibility index (Phi) is 8.02. The van der Waals surface area contributed by atoms with Crippen molar-refractivity contribution in [2.75, 3.05) is 73.6 Å². The van der Waals surface area contributed by atoms with Crippen LogP contribution in [0.4, 0.5) is 22.0 Å². The number of anilines is 3. The number of fused-ring (bicyclic) bond motifs is 5. The SMILES string of the molecule is CC1C[C@H]2[C@@H]3CC(F)C4=CC(=O)CC[C@]4(C)C3=CC[C@]2(C)[C@@]1(O)C(=O)CN1CCN(c2cc(N3CCCC3)nc(N3CCCC3)n2)CC1. The van der Waals surface area contributed by atoms with Gasteiger partial charge in [-0.1, -0.05) is 32.4 Å². The number of ketones is 2. The normalized spacial score (nSPS) is 38.4. The highest BCUT2D eigenvalue weighted by molar-refractivity contribution is 5.92. The molecule has 7 aliphatic rings. The summed E-state index contributed by atoms with van der Waals surface area (Å²) in [5, 5.41) is 12.5. The van der Waals surface area contributed by atoms with Gasteiger partial charge >= 0.3 is 0 Å². The Labute approximate surface area is 284 Å². The molecule has 3 aliphatic heterocycles. The second kappa shape index (κ2) is 11.9. The van der Waals surface area contributed by atoms with Gasteiger partial charge in [0.15, 0.2) is 11.6 Å². The molecule has 1 aromatic heterocycles. The van der Waals surface area contributed by atoms with E-state index < -0.39 is 22.6 Å². The summed E-state index contributed by atoms with van der Waals surface area (Å²) in [4.78, 5) is 45.8. The van der Waals surface area contributed by atoms with Crippen LogP contribution in [0.25, 0.3) is 0 Å². The van der Waals surface area contributed by atoms with Gasteiger partial charge in [0.1, 0.15) is 23.4 Å². The number of aromatic nitrogens is 2. The fourth-order valence-corrected chi connectivity index (χ4v) is 11.0. The number of nitrogens with zero attached hydrogens (tertiary/aromatic N) is 6. The summed E-state index contributed by atoms with van der Waals surface area (Å²) in [6.07, 6.45) is 10.1. The summed E-state index contributed by atoms with van der Waals surface area (Å²) in [7, 11) is 0. The lowest BCUT2D eigenvalue weighted by Gasteiger charge is -2.55. The second-order valence-electron chi connectivity index (χ2n) is 16.5. The molecule has 0 bridgehead atoms. The van der Waals surface area contributed by atoms with Crippen molar-refractivity contribution in [1.29, 1.82) is 0 Å². The molecule has 10 heteroatoms. The second-order valence-corrected chi connectivity index (χ2v) is 16.5. The minimum atomic E-state index is -1.47. The van der Waals surface area contributed by atoms with Gasteiger partial charge in [0.25, 0.3) is 0 Å². The molecule has 0 amide bonds. The highest BCUT2D eigenvalue weighted by Gasteiger charge is 2.68. The number of piperazine rings is 1. The van der Waals surface area contributed by atoms with Gasteiger partial charge in [0, 0.05) is 75.7 Å². The van der Waals surface area contributed by atoms with Crippen molar-refractivity contribution < 1.29 is 19.1 Å². The number of Topliss-reactive ketones (excluding diaryl/α,β-unsaturated/α-hetero) is 1. The maximum atomic E-state index is 15.8. The van der Waals surface area contributed by atoms with Crippen molar-refractivity contribution in [2.24, 2.45) is 28.6 Å². The van der Waals surface area contributed by atoms with Crippen molar-refractivity contribution in [3.63, 3.8) is 0 Å². The molecule has 0 spiro atoms. The van der Waals surface area contributed by atoms with Crippen molar-refractivity contribution in [2.45, 2.75) is 90.3 Å². The molecule has 0 aromatic carbocycles. The molecule has 1 N–H and O–H groups in total. The number of allylic oxidation sites excluding steroid dienone is 4. The van der Waals surface area contributed by atoms with E-state index in [1.807, 2.05) is 6.92 Å². The first kappa shape index (κ1) is 32.4. The Balaban J connectivity index is 0.975. The van der Waals surface area contributed by atoms with Gasteiger partial charge in [-0.05, 0) is 80.8 Å². The van der Waals surface area contributed by atoms with E-state index in [1.165, 1.54) is 31.3 Å². The van der Waals surface area contributed by atoms with Crippen LogP contribution in [0.3, 0.4) is 0 Å². The lowest BCUT2D eigenvalue weighted by Crippen LogP contribution is -2.60. The Bertz CT molecular complexity index is 1490. The predicted molar refractivity (Wildman–Crippen MR) is 185 cm³/mol. The van der Waals surface area contributed by atoms with E-state index in [9.17, 15) is 14.7 Å². The molecule has 8 rings (SSSR count). The lowest BCUT2D eigenvalue weighted by molar-refractivity contribution is -0.160. The zero-order chi connectivity index (χ0) is 33.4. The number of carbonyl (C=O) groups is 2. The average Bonchev–Trinajstić information content (AvgIpc) is 3.85. The molecule has 5 fully saturated rings. The first-order valence-corrected chi connectivity index (χ1v) is 18.7. The molecule has 9 nitrogen and oxygen atoms in total. The van der Waals surface area contributed by atoms with Gasteiger partial charge in [0.05, 0.1) is 6.54 Å². The first-order valence-electron chi connectivity index (χ1n) is 18.7. The molecule has 48 heavy (non-hydrogen) atoms. The molecule has 2 unspecified atom stereocenters. The maximum absolute atomic E-state index is 15.8. The van der Waals surface area contributed by atoms with E-state index in [0.717, 1.165) is 69.9 Å². The topological polar surface area (TPSA) is 93.1 Å². The molecule has 4 heterocycles. The molecule has 0 radical (unpaired) electrons. The monoisotopic (exact) mass is 660 g/mol. The third kappa shape index (κ3) is 4.97. The van der Waals surface area contributed by atoms with E-state index in [0.29, 0.717) is 37.7 Å². The van der Waals surface area contributed by atoms with Gasteiger partial charge in [0.2, 0.25) is 5.95 Å². The molecule has 3 saturated heterocycles. The Morgan fingerprint density at radius 3 is 2.21 bits per heavy atom. The number of hydrogen-bond acceptors (Lipinski definition) is 9. The van der Waals surface area contributed by atoms with Crippen molar-refractivity contribution in [3.8, 4) is 0 Å². The Morgan fingerprint density at radius 2 is 1.54 bits per heavy atom. The Morgan fingerprint density at radius 1 is 0.917 bits per heavy atom. The zero-order valence-electron chi connectivity index (χ0n) is 29.1. The first-order chi connectivity index (χ1) is 23.0. The van der Waals surface area contributed by atoms with Crippen molar-refractivity contribution >= 4 is 29.2 Å². The summed E-state index contributed by atoms with van der Waals surface area (Å²) in [5.74, 6) is 2.56. The van der Waals surface area contributed by atoms with Crippen molar-refractivity contribution in [3.05, 3.63) is 29.4 Å². The van der Waals surface area contributed by atoms with Gasteiger partial charge in [-0.25, -0.2) is 4.39 Å². The minimum Gasteiger partial charge on any atom is -0.381 e. The van der Waals surface area contributed by atoms with Crippen molar-refractivity contribution in [1.82, 2.24) is 14.9 Å². The minimum absolute atomic E-state index is 0.0225. The van der Waals surface area contributed by atoms with Gasteiger partial charge in [-0.2, -0.15) is 9.97 Å². The van der Waals surface area contributed by atoms with Gasteiger partial charge < -0.3 is 19.8 Å². The van der Waals surface area contributed by atoms with Crippen LogP contribution >= 0.6 is 0 Å². The van der Waals surface area contributed by atoms with E-state index in [4.69, 9.17) is 9.97 Å². The predicted octanol–water partition coefficient (Wildman–Crippen LogP) is 4.75. The largest absolute Gasteiger partial charge is 0.381 e. The molecular formula is C38H53FN6O3. The van der Waals surface area contributed by atoms with Crippen LogP contribution in [0.2, 0.25) is 0 Å². The third-order valence-corrected chi connectivity index (χ3v) is 13.9. The number of halogens is 1. The van der Waals surface area contributed by atoms with Gasteiger partial charge in [-0.15, -0.1) is 0 Å². The van der Waals surface area contributed by atoms with E-state index in [-0.39, 0.29) is 35.9 Å². The third-order valence-electron chi connectivity index (χ3n) is 13.9. The van der Waals surface area contributed by atoms with Crippen LogP contribution in [0.1, 0.15) is 78.6 Å². The fraction of sp³-hybridized carbons (Fsp3) is 0.737. The van der Waals surface area contributed by atoms with Crippen LogP contribution in [0.15, 0.2) is 29.4 Å². The van der Waals surface area contributed by atoms with E-state index in [1.54, 1.807) is 6.08 Å². The van der Waals surface area contributed by atoms with Crippen LogP contribution < -0.4 is 14.7 Å². The van der Waals surface area contributed by atoms with E-state index >= 15 is 4.39 Å². The molecular weight excluding hydrogens is 607 g/mol. The average molecular weight is 661 g/mol. The molecule has 2 saturated carbocycles. The summed E-state index contributed by atoms with van der Waals surface area (Å²) in [6.45, 7) is 13.5. The number of carbonyl (C=O) groups excluding carboxylic acids is 2. The number of alkyl halides is 1. The fourth-order valence-electron chi connectivity index (χ4n) is 11.0. The lowest BCUT2D eigenvalue weighted by atomic mass is 9.50. The van der Waals surface area contributed by atoms with E-state index in [2.05, 4.69) is 45.6 Å². The highest BCUT2D eigenvalue weighted by Crippen LogP contribution is 2.67. The quantitative estimate of drug-likeness (QED) is 0.435. The highest BCUT2D eigenvalue weighted by atomic mass is 19.1.